The van der Waals surface area contributed by atoms with Crippen LogP contribution < -0.4 is 10.5 Å². The van der Waals surface area contributed by atoms with Crippen molar-refractivity contribution < 1.29 is 27.5 Å². The summed E-state index contributed by atoms with van der Waals surface area (Å²) in [5.41, 5.74) is 5.47. The van der Waals surface area contributed by atoms with Crippen molar-refractivity contribution >= 4 is 21.5 Å². The Bertz CT molecular complexity index is 766. The van der Waals surface area contributed by atoms with Gasteiger partial charge in [0.2, 0.25) is 5.91 Å². The lowest BCUT2D eigenvalue weighted by atomic mass is 9.98. The molecule has 8 heteroatoms. The first-order valence-corrected chi connectivity index (χ1v) is 11.2. The van der Waals surface area contributed by atoms with Crippen LogP contribution in [0.5, 0.6) is 5.75 Å². The first-order chi connectivity index (χ1) is 13.3. The van der Waals surface area contributed by atoms with Gasteiger partial charge in [-0.15, -0.1) is 0 Å². The van der Waals surface area contributed by atoms with E-state index in [1.54, 1.807) is 12.1 Å². The highest BCUT2D eigenvalue weighted by Crippen LogP contribution is 2.35. The molecule has 2 N–H and O–H groups in total. The van der Waals surface area contributed by atoms with E-state index >= 15 is 0 Å². The molecular formula is C20H29NO6S. The van der Waals surface area contributed by atoms with Crippen LogP contribution in [0.15, 0.2) is 29.2 Å². The Balaban J connectivity index is 1.97. The Labute approximate surface area is 166 Å². The van der Waals surface area contributed by atoms with E-state index in [1.165, 1.54) is 12.1 Å². The number of carbonyl (C=O) groups excluding carboxylic acids is 2. The van der Waals surface area contributed by atoms with Crippen LogP contribution in [-0.2, 0) is 24.2 Å². The largest absolute Gasteiger partial charge is 0.494 e. The van der Waals surface area contributed by atoms with Gasteiger partial charge in [0.25, 0.3) is 0 Å². The fraction of sp³-hybridized carbons (Fsp3) is 0.600. The summed E-state index contributed by atoms with van der Waals surface area (Å²) in [6, 6.07) is 5.97. The van der Waals surface area contributed by atoms with Gasteiger partial charge in [-0.1, -0.05) is 13.3 Å². The lowest BCUT2D eigenvalue weighted by Crippen LogP contribution is -2.53. The second kappa shape index (κ2) is 10.0. The molecule has 0 bridgehead atoms. The van der Waals surface area contributed by atoms with E-state index in [-0.39, 0.29) is 36.7 Å². The van der Waals surface area contributed by atoms with Gasteiger partial charge < -0.3 is 15.2 Å². The first-order valence-electron chi connectivity index (χ1n) is 9.70. The van der Waals surface area contributed by atoms with Crippen molar-refractivity contribution in [2.24, 2.45) is 5.73 Å². The second-order valence-electron chi connectivity index (χ2n) is 7.04. The van der Waals surface area contributed by atoms with Gasteiger partial charge >= 0.3 is 0 Å². The molecule has 0 atom stereocenters. The van der Waals surface area contributed by atoms with Crippen LogP contribution >= 0.6 is 0 Å². The topological polar surface area (TPSA) is 113 Å². The first kappa shape index (κ1) is 22.4. The number of Topliss-reactive ketones (excluding diaryl/α,β-unsaturated/α-hetero) is 1. The van der Waals surface area contributed by atoms with Crippen molar-refractivity contribution in [3.05, 3.63) is 24.3 Å². The zero-order chi connectivity index (χ0) is 20.6. The van der Waals surface area contributed by atoms with Crippen LogP contribution in [0.3, 0.4) is 0 Å². The number of nitrogens with two attached hydrogens (primary N) is 1. The number of ether oxygens (including phenoxy) is 2. The highest BCUT2D eigenvalue weighted by atomic mass is 32.2. The summed E-state index contributed by atoms with van der Waals surface area (Å²) in [5.74, 6) is -0.0935. The second-order valence-corrected chi connectivity index (χ2v) is 9.30. The summed E-state index contributed by atoms with van der Waals surface area (Å²) in [7, 11) is -3.94. The molecule has 1 aliphatic heterocycles. The summed E-state index contributed by atoms with van der Waals surface area (Å²) < 4.78 is 35.3. The predicted molar refractivity (Wildman–Crippen MR) is 105 cm³/mol. The molecule has 1 heterocycles. The summed E-state index contributed by atoms with van der Waals surface area (Å²) >= 11 is 0. The van der Waals surface area contributed by atoms with Crippen molar-refractivity contribution in [1.82, 2.24) is 0 Å². The van der Waals surface area contributed by atoms with Crippen LogP contribution in [0.4, 0.5) is 0 Å². The molecule has 7 nitrogen and oxygen atoms in total. The number of primary amides is 1. The van der Waals surface area contributed by atoms with Crippen LogP contribution in [0.1, 0.15) is 51.9 Å². The molecule has 0 spiro atoms. The maximum atomic E-state index is 13.0. The molecule has 28 heavy (non-hydrogen) atoms. The summed E-state index contributed by atoms with van der Waals surface area (Å²) in [5, 5.41) is 0. The average molecular weight is 412 g/mol. The molecule has 0 saturated carbocycles. The summed E-state index contributed by atoms with van der Waals surface area (Å²) in [6.07, 6.45) is 3.72. The smallest absolute Gasteiger partial charge is 0.239 e. The molecular weight excluding hydrogens is 382 g/mol. The van der Waals surface area contributed by atoms with Gasteiger partial charge in [-0.3, -0.25) is 9.59 Å². The third-order valence-electron chi connectivity index (χ3n) is 5.08. The Hall–Kier alpha value is -1.93. The van der Waals surface area contributed by atoms with Crippen LogP contribution in [0, 0.1) is 0 Å². The van der Waals surface area contributed by atoms with Gasteiger partial charge in [0.15, 0.2) is 14.6 Å². The minimum atomic E-state index is -3.94. The van der Waals surface area contributed by atoms with E-state index in [0.717, 1.165) is 12.8 Å². The number of hydrogen-bond donors (Lipinski definition) is 1. The Kier molecular flexibility index (Phi) is 8.00. The highest BCUT2D eigenvalue weighted by Gasteiger charge is 2.51. The van der Waals surface area contributed by atoms with Crippen molar-refractivity contribution in [2.45, 2.75) is 61.5 Å². The van der Waals surface area contributed by atoms with Crippen molar-refractivity contribution in [3.63, 3.8) is 0 Å². The standard InChI is InChI=1S/C20H29NO6S/c1-2-3-5-16(22)6-4-13-27-17-7-9-18(10-8-17)28(24,25)20(19(21)23)11-14-26-15-12-20/h7-10H,2-6,11-15H2,1H3,(H2,21,23). The molecule has 0 aliphatic carbocycles. The van der Waals surface area contributed by atoms with E-state index in [1.807, 2.05) is 6.92 Å². The van der Waals surface area contributed by atoms with E-state index in [0.29, 0.717) is 31.6 Å². The normalized spacial score (nSPS) is 16.5. The molecule has 156 valence electrons. The zero-order valence-electron chi connectivity index (χ0n) is 16.3. The van der Waals surface area contributed by atoms with Crippen LogP contribution in [0.2, 0.25) is 0 Å². The molecule has 1 amide bonds. The molecule has 1 saturated heterocycles. The minimum Gasteiger partial charge on any atom is -0.494 e. The maximum Gasteiger partial charge on any atom is 0.239 e. The number of benzene rings is 1. The number of ketones is 1. The van der Waals surface area contributed by atoms with E-state index in [4.69, 9.17) is 15.2 Å². The predicted octanol–water partition coefficient (Wildman–Crippen LogP) is 2.41. The van der Waals surface area contributed by atoms with Crippen molar-refractivity contribution in [3.8, 4) is 5.75 Å². The summed E-state index contributed by atoms with van der Waals surface area (Å²) in [6.45, 7) is 2.79. The molecule has 0 unspecified atom stereocenters. The van der Waals surface area contributed by atoms with Gasteiger partial charge in [-0.25, -0.2) is 8.42 Å². The fourth-order valence-electron chi connectivity index (χ4n) is 3.25. The Morgan fingerprint density at radius 3 is 2.29 bits per heavy atom. The summed E-state index contributed by atoms with van der Waals surface area (Å²) in [4.78, 5) is 23.7. The van der Waals surface area contributed by atoms with E-state index in [9.17, 15) is 18.0 Å². The maximum absolute atomic E-state index is 13.0. The average Bonchev–Trinajstić information content (AvgIpc) is 2.70. The number of sulfone groups is 1. The van der Waals surface area contributed by atoms with Crippen LogP contribution in [-0.4, -0.2) is 44.7 Å². The number of amides is 1. The van der Waals surface area contributed by atoms with Crippen LogP contribution in [0.25, 0.3) is 0 Å². The van der Waals surface area contributed by atoms with E-state index in [2.05, 4.69) is 0 Å². The molecule has 1 aliphatic rings. The fourth-order valence-corrected chi connectivity index (χ4v) is 5.16. The van der Waals surface area contributed by atoms with Gasteiger partial charge in [0.1, 0.15) is 11.5 Å². The zero-order valence-corrected chi connectivity index (χ0v) is 17.1. The van der Waals surface area contributed by atoms with Gasteiger partial charge in [-0.05, 0) is 49.9 Å². The molecule has 1 aromatic rings. The van der Waals surface area contributed by atoms with E-state index < -0.39 is 20.5 Å². The number of unbranched alkanes of at least 4 members (excludes halogenated alkanes) is 1. The lowest BCUT2D eigenvalue weighted by Gasteiger charge is -2.33. The van der Waals surface area contributed by atoms with Gasteiger partial charge in [0, 0.05) is 26.1 Å². The molecule has 0 radical (unpaired) electrons. The third-order valence-corrected chi connectivity index (χ3v) is 7.61. The third kappa shape index (κ3) is 5.11. The SMILES string of the molecule is CCCCC(=O)CCCOc1ccc(S(=O)(=O)C2(C(N)=O)CCOCC2)cc1. The number of hydrogen-bond acceptors (Lipinski definition) is 6. The minimum absolute atomic E-state index is 0.0373. The number of carbonyl (C=O) groups is 2. The monoisotopic (exact) mass is 411 g/mol. The highest BCUT2D eigenvalue weighted by molar-refractivity contribution is 7.93. The lowest BCUT2D eigenvalue weighted by molar-refractivity contribution is -0.123. The Morgan fingerprint density at radius 1 is 1.11 bits per heavy atom. The quantitative estimate of drug-likeness (QED) is 0.560. The van der Waals surface area contributed by atoms with Crippen molar-refractivity contribution in [2.75, 3.05) is 19.8 Å². The molecule has 1 aromatic carbocycles. The van der Waals surface area contributed by atoms with Gasteiger partial charge in [0.05, 0.1) is 11.5 Å². The Morgan fingerprint density at radius 2 is 1.71 bits per heavy atom. The van der Waals surface area contributed by atoms with Crippen molar-refractivity contribution in [1.29, 1.82) is 0 Å². The molecule has 0 aromatic heterocycles. The molecule has 1 fully saturated rings. The molecule has 2 rings (SSSR count). The number of rotatable bonds is 11. The van der Waals surface area contributed by atoms with Gasteiger partial charge in [-0.2, -0.15) is 0 Å².